The molecule has 8 heteroatoms. The molecule has 1 aromatic carbocycles. The lowest BCUT2D eigenvalue weighted by atomic mass is 10.2. The molecule has 1 amide bonds. The number of methoxy groups -OCH3 is 2. The number of anilines is 1. The molecule has 0 aromatic heterocycles. The zero-order valence-corrected chi connectivity index (χ0v) is 12.0. The SMILES string of the molecule is COCCNCC(=O)Nc1cc(F)c(OC)c(F)c1.Cl. The molecular formula is C12H17ClF2N2O3. The number of carbonyl (C=O) groups is 1. The fourth-order valence-electron chi connectivity index (χ4n) is 1.41. The Morgan fingerprint density at radius 1 is 1.25 bits per heavy atom. The average Bonchev–Trinajstić information content (AvgIpc) is 2.34. The van der Waals surface area contributed by atoms with Gasteiger partial charge in [-0.25, -0.2) is 8.78 Å². The first kappa shape index (κ1) is 18.6. The maximum Gasteiger partial charge on any atom is 0.238 e. The largest absolute Gasteiger partial charge is 0.491 e. The summed E-state index contributed by atoms with van der Waals surface area (Å²) in [6.07, 6.45) is 0. The van der Waals surface area contributed by atoms with E-state index in [0.29, 0.717) is 13.2 Å². The minimum Gasteiger partial charge on any atom is -0.491 e. The molecule has 0 radical (unpaired) electrons. The first-order valence-electron chi connectivity index (χ1n) is 5.61. The predicted octanol–water partition coefficient (Wildman–Crippen LogP) is 1.57. The molecule has 2 N–H and O–H groups in total. The van der Waals surface area contributed by atoms with E-state index in [9.17, 15) is 13.6 Å². The molecule has 0 aliphatic rings. The summed E-state index contributed by atoms with van der Waals surface area (Å²) in [5.41, 5.74) is 0.0364. The fourth-order valence-corrected chi connectivity index (χ4v) is 1.41. The third kappa shape index (κ3) is 5.68. The highest BCUT2D eigenvalue weighted by atomic mass is 35.5. The van der Waals surface area contributed by atoms with Gasteiger partial charge in [0.25, 0.3) is 0 Å². The van der Waals surface area contributed by atoms with E-state index in [-0.39, 0.29) is 24.6 Å². The Kier molecular flexibility index (Phi) is 8.78. The van der Waals surface area contributed by atoms with Crippen molar-refractivity contribution < 1.29 is 23.0 Å². The van der Waals surface area contributed by atoms with Crippen LogP contribution in [-0.4, -0.2) is 39.8 Å². The summed E-state index contributed by atoms with van der Waals surface area (Å²) in [7, 11) is 2.71. The summed E-state index contributed by atoms with van der Waals surface area (Å²) in [5, 5.41) is 5.18. The number of rotatable bonds is 7. The van der Waals surface area contributed by atoms with Crippen molar-refractivity contribution in [3.8, 4) is 5.75 Å². The second kappa shape index (κ2) is 9.46. The standard InChI is InChI=1S/C12H16F2N2O3.ClH/c1-18-4-3-15-7-11(17)16-8-5-9(13)12(19-2)10(14)6-8;/h5-6,15H,3-4,7H2,1-2H3,(H,16,17);1H. The molecule has 114 valence electrons. The van der Waals surface area contributed by atoms with Gasteiger partial charge in [0.1, 0.15) is 0 Å². The lowest BCUT2D eigenvalue weighted by molar-refractivity contribution is -0.115. The van der Waals surface area contributed by atoms with E-state index in [4.69, 9.17) is 4.74 Å². The van der Waals surface area contributed by atoms with Gasteiger partial charge >= 0.3 is 0 Å². The third-order valence-corrected chi connectivity index (χ3v) is 2.25. The summed E-state index contributed by atoms with van der Waals surface area (Å²) in [5.74, 6) is -2.62. The van der Waals surface area contributed by atoms with Crippen LogP contribution in [0.5, 0.6) is 5.75 Å². The van der Waals surface area contributed by atoms with Crippen molar-refractivity contribution in [2.24, 2.45) is 0 Å². The van der Waals surface area contributed by atoms with Crippen molar-refractivity contribution in [1.82, 2.24) is 5.32 Å². The first-order chi connectivity index (χ1) is 9.08. The van der Waals surface area contributed by atoms with Crippen molar-refractivity contribution in [1.29, 1.82) is 0 Å². The van der Waals surface area contributed by atoms with Gasteiger partial charge in [-0.15, -0.1) is 12.4 Å². The third-order valence-electron chi connectivity index (χ3n) is 2.25. The normalized spacial score (nSPS) is 9.80. The summed E-state index contributed by atoms with van der Waals surface area (Å²) >= 11 is 0. The van der Waals surface area contributed by atoms with Crippen LogP contribution < -0.4 is 15.4 Å². The Morgan fingerprint density at radius 3 is 2.35 bits per heavy atom. The van der Waals surface area contributed by atoms with Gasteiger partial charge in [-0.3, -0.25) is 4.79 Å². The highest BCUT2D eigenvalue weighted by Crippen LogP contribution is 2.25. The molecule has 1 aromatic rings. The van der Waals surface area contributed by atoms with Crippen LogP contribution in [0.3, 0.4) is 0 Å². The van der Waals surface area contributed by atoms with Crippen LogP contribution in [0.2, 0.25) is 0 Å². The fraction of sp³-hybridized carbons (Fsp3) is 0.417. The number of halogens is 3. The van der Waals surface area contributed by atoms with Crippen molar-refractivity contribution in [2.75, 3.05) is 39.2 Å². The number of ether oxygens (including phenoxy) is 2. The molecule has 0 atom stereocenters. The Labute approximate surface area is 122 Å². The highest BCUT2D eigenvalue weighted by molar-refractivity contribution is 5.92. The van der Waals surface area contributed by atoms with E-state index in [0.717, 1.165) is 12.1 Å². The molecule has 0 aliphatic heterocycles. The Bertz CT molecular complexity index is 424. The van der Waals surface area contributed by atoms with E-state index >= 15 is 0 Å². The number of nitrogens with one attached hydrogen (secondary N) is 2. The van der Waals surface area contributed by atoms with Gasteiger partial charge in [0.15, 0.2) is 17.4 Å². The molecule has 0 aliphatic carbocycles. The predicted molar refractivity (Wildman–Crippen MR) is 73.5 cm³/mol. The topological polar surface area (TPSA) is 59.6 Å². The van der Waals surface area contributed by atoms with Crippen LogP contribution in [0.1, 0.15) is 0 Å². The van der Waals surface area contributed by atoms with Gasteiger partial charge in [0.2, 0.25) is 5.91 Å². The van der Waals surface area contributed by atoms with Gasteiger partial charge in [0, 0.05) is 31.5 Å². The molecule has 0 fully saturated rings. The Morgan fingerprint density at radius 2 is 1.85 bits per heavy atom. The van der Waals surface area contributed by atoms with E-state index in [1.165, 1.54) is 7.11 Å². The smallest absolute Gasteiger partial charge is 0.238 e. The molecule has 5 nitrogen and oxygen atoms in total. The highest BCUT2D eigenvalue weighted by Gasteiger charge is 2.12. The van der Waals surface area contributed by atoms with Gasteiger partial charge in [-0.05, 0) is 0 Å². The number of carbonyl (C=O) groups excluding carboxylic acids is 1. The minimum absolute atomic E-state index is 0. The average molecular weight is 311 g/mol. The van der Waals surface area contributed by atoms with E-state index in [1.54, 1.807) is 7.11 Å². The number of amides is 1. The second-order valence-electron chi connectivity index (χ2n) is 3.69. The van der Waals surface area contributed by atoms with Crippen LogP contribution in [-0.2, 0) is 9.53 Å². The number of hydrogen-bond acceptors (Lipinski definition) is 4. The lowest BCUT2D eigenvalue weighted by Gasteiger charge is -2.09. The van der Waals surface area contributed by atoms with Crippen LogP contribution in [0, 0.1) is 11.6 Å². The summed E-state index contributed by atoms with van der Waals surface area (Å²) in [6, 6.07) is 1.99. The van der Waals surface area contributed by atoms with E-state index in [2.05, 4.69) is 15.4 Å². The quantitative estimate of drug-likeness (QED) is 0.751. The first-order valence-corrected chi connectivity index (χ1v) is 5.61. The molecule has 0 unspecified atom stereocenters. The number of benzene rings is 1. The van der Waals surface area contributed by atoms with Crippen LogP contribution in [0.25, 0.3) is 0 Å². The second-order valence-corrected chi connectivity index (χ2v) is 3.69. The van der Waals surface area contributed by atoms with Crippen LogP contribution in [0.4, 0.5) is 14.5 Å². The zero-order valence-electron chi connectivity index (χ0n) is 11.2. The van der Waals surface area contributed by atoms with Crippen molar-refractivity contribution in [3.63, 3.8) is 0 Å². The molecule has 0 spiro atoms. The monoisotopic (exact) mass is 310 g/mol. The Hall–Kier alpha value is -1.44. The van der Waals surface area contributed by atoms with Gasteiger partial charge in [-0.1, -0.05) is 0 Å². The summed E-state index contributed by atoms with van der Waals surface area (Å²) < 4.78 is 36.1. The number of hydrogen-bond donors (Lipinski definition) is 2. The van der Waals surface area contributed by atoms with Crippen LogP contribution in [0.15, 0.2) is 12.1 Å². The van der Waals surface area contributed by atoms with Gasteiger partial charge < -0.3 is 20.1 Å². The molecule has 20 heavy (non-hydrogen) atoms. The summed E-state index contributed by atoms with van der Waals surface area (Å²) in [4.78, 5) is 11.5. The molecule has 0 saturated carbocycles. The zero-order chi connectivity index (χ0) is 14.3. The molecular weight excluding hydrogens is 294 g/mol. The molecule has 0 saturated heterocycles. The Balaban J connectivity index is 0.00000361. The van der Waals surface area contributed by atoms with Crippen molar-refractivity contribution >= 4 is 24.0 Å². The van der Waals surface area contributed by atoms with E-state index in [1.807, 2.05) is 0 Å². The maximum atomic E-state index is 13.4. The summed E-state index contributed by atoms with van der Waals surface area (Å²) in [6.45, 7) is 1.01. The van der Waals surface area contributed by atoms with Crippen molar-refractivity contribution in [2.45, 2.75) is 0 Å². The van der Waals surface area contributed by atoms with Crippen LogP contribution >= 0.6 is 12.4 Å². The molecule has 0 bridgehead atoms. The maximum absolute atomic E-state index is 13.4. The minimum atomic E-state index is -0.870. The van der Waals surface area contributed by atoms with Crippen molar-refractivity contribution in [3.05, 3.63) is 23.8 Å². The molecule has 1 rings (SSSR count). The van der Waals surface area contributed by atoms with Gasteiger partial charge in [-0.2, -0.15) is 0 Å². The van der Waals surface area contributed by atoms with Gasteiger partial charge in [0.05, 0.1) is 20.3 Å². The van der Waals surface area contributed by atoms with E-state index < -0.39 is 23.3 Å². The lowest BCUT2D eigenvalue weighted by Crippen LogP contribution is -2.30. The molecule has 0 heterocycles.